The first-order chi connectivity index (χ1) is 4.66. The van der Waals surface area contributed by atoms with Crippen LogP contribution in [0.15, 0.2) is 0 Å². The van der Waals surface area contributed by atoms with E-state index >= 15 is 0 Å². The van der Waals surface area contributed by atoms with Crippen LogP contribution >= 0.6 is 10.7 Å². The highest BCUT2D eigenvalue weighted by molar-refractivity contribution is 8.12. The van der Waals surface area contributed by atoms with E-state index in [1.165, 1.54) is 0 Å². The second kappa shape index (κ2) is 5.44. The number of hydrogen-bond acceptors (Lipinski definition) is 2. The van der Waals surface area contributed by atoms with E-state index in [1.807, 2.05) is 12.3 Å². The molecule has 0 aromatic heterocycles. The van der Waals surface area contributed by atoms with Gasteiger partial charge in [0, 0.05) is 12.2 Å². The molecule has 0 bridgehead atoms. The lowest BCUT2D eigenvalue weighted by molar-refractivity contribution is -0.137. The zero-order valence-corrected chi connectivity index (χ0v) is 6.86. The third-order valence-electron chi connectivity index (χ3n) is 1.07. The molecule has 0 spiro atoms. The van der Waals surface area contributed by atoms with Gasteiger partial charge in [0.1, 0.15) is 0 Å². The third kappa shape index (κ3) is 5.78. The van der Waals surface area contributed by atoms with Crippen LogP contribution in [0.25, 0.3) is 0 Å². The van der Waals surface area contributed by atoms with E-state index in [4.69, 9.17) is 10.2 Å². The van der Waals surface area contributed by atoms with Gasteiger partial charge in [-0.15, -0.1) is 10.7 Å². The van der Waals surface area contributed by atoms with Crippen LogP contribution in [-0.2, 0) is 4.79 Å². The maximum Gasteiger partial charge on any atom is 0.303 e. The highest BCUT2D eigenvalue weighted by Crippen LogP contribution is 2.03. The molecule has 0 saturated carbocycles. The molecule has 0 aliphatic rings. The number of hydrogen-bond donors (Lipinski definition) is 2. The number of rotatable bonds is 4. The molecule has 0 rings (SSSR count). The summed E-state index contributed by atoms with van der Waals surface area (Å²) < 4.78 is 0. The largest absolute Gasteiger partial charge is 0.481 e. The van der Waals surface area contributed by atoms with Crippen LogP contribution in [0.3, 0.4) is 0 Å². The fourth-order valence-electron chi connectivity index (χ4n) is 0.508. The van der Waals surface area contributed by atoms with Crippen molar-refractivity contribution in [1.29, 1.82) is 0 Å². The van der Waals surface area contributed by atoms with Gasteiger partial charge in [0.25, 0.3) is 0 Å². The van der Waals surface area contributed by atoms with Crippen molar-refractivity contribution in [3.8, 4) is 0 Å². The van der Waals surface area contributed by atoms with Gasteiger partial charge in [0.05, 0.1) is 0 Å². The molecule has 3 N–H and O–H groups in total. The molecule has 3 nitrogen and oxygen atoms in total. The summed E-state index contributed by atoms with van der Waals surface area (Å²) in [7, 11) is -0.182. The first-order valence-electron chi connectivity index (χ1n) is 3.12. The Morgan fingerprint density at radius 2 is 2.40 bits per heavy atom. The highest BCUT2D eigenvalue weighted by Gasteiger charge is 1.95. The van der Waals surface area contributed by atoms with Crippen molar-refractivity contribution < 1.29 is 9.90 Å². The maximum atomic E-state index is 10.0. The van der Waals surface area contributed by atoms with Gasteiger partial charge in [0.15, 0.2) is 0 Å². The molecule has 0 heterocycles. The standard InChI is InChI=1S/C6H13NO2S/c1-2-10(7)5-3-4-6(8)9/h2H,3-5,7H2,1H3,(H,8,9). The van der Waals surface area contributed by atoms with Crippen molar-refractivity contribution in [2.45, 2.75) is 19.8 Å². The predicted molar refractivity (Wildman–Crippen MR) is 45.3 cm³/mol. The van der Waals surface area contributed by atoms with Crippen LogP contribution in [0.5, 0.6) is 0 Å². The molecule has 10 heavy (non-hydrogen) atoms. The van der Waals surface area contributed by atoms with E-state index in [1.54, 1.807) is 0 Å². The Morgan fingerprint density at radius 3 is 2.80 bits per heavy atom. The summed E-state index contributed by atoms with van der Waals surface area (Å²) in [6.45, 7) is 1.89. The fourth-order valence-corrected chi connectivity index (χ4v) is 1.22. The Bertz CT molecular complexity index is 145. The Kier molecular flexibility index (Phi) is 5.25. The van der Waals surface area contributed by atoms with Crippen LogP contribution in [0, 0.1) is 0 Å². The number of carboxylic acid groups (broad SMARTS) is 1. The molecule has 0 radical (unpaired) electrons. The smallest absolute Gasteiger partial charge is 0.303 e. The number of carboxylic acids is 1. The minimum Gasteiger partial charge on any atom is -0.481 e. The lowest BCUT2D eigenvalue weighted by atomic mass is 10.3. The van der Waals surface area contributed by atoms with Crippen molar-refractivity contribution in [1.82, 2.24) is 0 Å². The molecule has 0 fully saturated rings. The molecule has 1 unspecified atom stereocenters. The summed E-state index contributed by atoms with van der Waals surface area (Å²) in [6, 6.07) is 0. The van der Waals surface area contributed by atoms with Crippen LogP contribution in [0.1, 0.15) is 19.8 Å². The summed E-state index contributed by atoms with van der Waals surface area (Å²) in [5, 5.41) is 15.7. The average molecular weight is 163 g/mol. The zero-order chi connectivity index (χ0) is 7.98. The predicted octanol–water partition coefficient (Wildman–Crippen LogP) is 0.816. The van der Waals surface area contributed by atoms with Gasteiger partial charge < -0.3 is 5.11 Å². The molecule has 0 aromatic carbocycles. The third-order valence-corrected chi connectivity index (χ3v) is 2.44. The summed E-state index contributed by atoms with van der Waals surface area (Å²) >= 11 is 0. The van der Waals surface area contributed by atoms with Gasteiger partial charge in [-0.3, -0.25) is 9.93 Å². The van der Waals surface area contributed by atoms with E-state index in [2.05, 4.69) is 0 Å². The first-order valence-corrected chi connectivity index (χ1v) is 4.64. The Balaban J connectivity index is 3.29. The minimum absolute atomic E-state index is 0.182. The number of carbonyl (C=O) groups is 1. The molecule has 60 valence electrons. The van der Waals surface area contributed by atoms with Crippen molar-refractivity contribution in [3.05, 3.63) is 0 Å². The van der Waals surface area contributed by atoms with Gasteiger partial charge >= 0.3 is 5.97 Å². The molecule has 0 aliphatic heterocycles. The molecule has 0 saturated heterocycles. The second-order valence-corrected chi connectivity index (χ2v) is 3.73. The zero-order valence-electron chi connectivity index (χ0n) is 6.04. The van der Waals surface area contributed by atoms with Crippen molar-refractivity contribution in [3.63, 3.8) is 0 Å². The fraction of sp³-hybridized carbons (Fsp3) is 0.667. The summed E-state index contributed by atoms with van der Waals surface area (Å²) in [5.74, 6) is 0.0519. The van der Waals surface area contributed by atoms with Gasteiger partial charge in [-0.05, 0) is 13.3 Å². The second-order valence-electron chi connectivity index (χ2n) is 1.91. The summed E-state index contributed by atoms with van der Waals surface area (Å²) in [6.07, 6.45) is 0.911. The van der Waals surface area contributed by atoms with Gasteiger partial charge in [-0.25, -0.2) is 0 Å². The molecule has 0 aliphatic carbocycles. The van der Waals surface area contributed by atoms with Crippen LogP contribution in [0.2, 0.25) is 0 Å². The van der Waals surface area contributed by atoms with Gasteiger partial charge in [0.2, 0.25) is 0 Å². The Morgan fingerprint density at radius 1 is 1.80 bits per heavy atom. The molecule has 0 amide bonds. The number of aliphatic carboxylic acids is 1. The topological polar surface area (TPSA) is 63.3 Å². The molecule has 1 atom stereocenters. The maximum absolute atomic E-state index is 10.0. The lowest BCUT2D eigenvalue weighted by Crippen LogP contribution is -1.98. The van der Waals surface area contributed by atoms with Crippen molar-refractivity contribution in [2.75, 3.05) is 5.75 Å². The normalized spacial score (nSPS) is 13.4. The van der Waals surface area contributed by atoms with E-state index in [9.17, 15) is 4.79 Å². The molecular formula is C6H13NO2S. The van der Waals surface area contributed by atoms with Crippen molar-refractivity contribution in [2.24, 2.45) is 5.14 Å². The molecule has 4 heteroatoms. The van der Waals surface area contributed by atoms with Crippen LogP contribution < -0.4 is 5.14 Å². The quantitative estimate of drug-likeness (QED) is 0.603. The highest BCUT2D eigenvalue weighted by atomic mass is 32.2. The molecule has 0 aromatic rings. The van der Waals surface area contributed by atoms with Gasteiger partial charge in [-0.1, -0.05) is 5.37 Å². The summed E-state index contributed by atoms with van der Waals surface area (Å²) in [4.78, 5) is 10.0. The van der Waals surface area contributed by atoms with Crippen LogP contribution in [0.4, 0.5) is 0 Å². The van der Waals surface area contributed by atoms with Gasteiger partial charge in [-0.2, -0.15) is 0 Å². The average Bonchev–Trinajstić information content (AvgIpc) is 1.87. The summed E-state index contributed by atoms with van der Waals surface area (Å²) in [5.41, 5.74) is 0. The lowest BCUT2D eigenvalue weighted by Gasteiger charge is -1.97. The Hall–Kier alpha value is -0.350. The first kappa shape index (κ1) is 9.65. The van der Waals surface area contributed by atoms with E-state index in [-0.39, 0.29) is 17.1 Å². The monoisotopic (exact) mass is 163 g/mol. The van der Waals surface area contributed by atoms with E-state index < -0.39 is 5.97 Å². The van der Waals surface area contributed by atoms with E-state index in [0.29, 0.717) is 6.42 Å². The van der Waals surface area contributed by atoms with E-state index in [0.717, 1.165) is 5.75 Å². The minimum atomic E-state index is -0.742. The number of nitrogens with two attached hydrogens (primary N) is 1. The van der Waals surface area contributed by atoms with Crippen LogP contribution in [-0.4, -0.2) is 22.2 Å². The SMILES string of the molecule is C/C=S(/N)CCCC(=O)O. The Labute approximate surface area is 63.3 Å². The van der Waals surface area contributed by atoms with Crippen molar-refractivity contribution >= 4 is 22.0 Å². The molecular weight excluding hydrogens is 150 g/mol.